The van der Waals surface area contributed by atoms with Crippen LogP contribution in [0.2, 0.25) is 0 Å². The molecule has 4 heteroatoms. The summed E-state index contributed by atoms with van der Waals surface area (Å²) in [5.74, 6) is 0. The van der Waals surface area contributed by atoms with E-state index in [0.717, 1.165) is 5.69 Å². The third kappa shape index (κ3) is 4.76. The van der Waals surface area contributed by atoms with Gasteiger partial charge in [-0.1, -0.05) is 164 Å². The summed E-state index contributed by atoms with van der Waals surface area (Å²) < 4.78 is 7.63. The Bertz CT molecular complexity index is 3470. The Morgan fingerprint density at radius 2 is 0.828 bits per heavy atom. The van der Waals surface area contributed by atoms with Crippen molar-refractivity contribution in [2.45, 2.75) is 0 Å². The highest BCUT2D eigenvalue weighted by atomic mass is 32.1. The maximum Gasteiger partial charge on any atom is 0.179 e. The summed E-state index contributed by atoms with van der Waals surface area (Å²) in [6, 6.07) is 81.6. The minimum atomic E-state index is -2.98. The van der Waals surface area contributed by atoms with Crippen LogP contribution < -0.4 is 20.7 Å². The largest absolute Gasteiger partial charge is 0.309 e. The molecule has 0 bridgehead atoms. The number of nitrogens with zero attached hydrogens (tertiary/aromatic N) is 2. The van der Waals surface area contributed by atoms with E-state index in [0.29, 0.717) is 0 Å². The minimum absolute atomic E-state index is 1.16. The molecular weight excluding hydrogens is 737 g/mol. The normalized spacial score (nSPS) is 12.1. The van der Waals surface area contributed by atoms with Gasteiger partial charge >= 0.3 is 0 Å². The van der Waals surface area contributed by atoms with Crippen molar-refractivity contribution in [1.29, 1.82) is 0 Å². The molecule has 0 fully saturated rings. The van der Waals surface area contributed by atoms with Gasteiger partial charge in [0.15, 0.2) is 8.07 Å². The van der Waals surface area contributed by atoms with E-state index in [1.165, 1.54) is 90.2 Å². The Labute approximate surface area is 341 Å². The van der Waals surface area contributed by atoms with E-state index >= 15 is 0 Å². The summed E-state index contributed by atoms with van der Waals surface area (Å²) in [7, 11) is -2.98. The average molecular weight is 773 g/mol. The van der Waals surface area contributed by atoms with Crippen molar-refractivity contribution in [1.82, 2.24) is 9.13 Å². The monoisotopic (exact) mass is 772 g/mol. The molecule has 2 nitrogen and oxygen atoms in total. The highest BCUT2D eigenvalue weighted by Gasteiger charge is 2.42. The van der Waals surface area contributed by atoms with E-state index in [2.05, 4.69) is 228 Å². The number of para-hydroxylation sites is 3. The first-order chi connectivity index (χ1) is 28.8. The number of aromatic nitrogens is 2. The fraction of sp³-hybridized carbons (Fsp3) is 0. The van der Waals surface area contributed by atoms with Crippen molar-refractivity contribution in [3.05, 3.63) is 218 Å². The van der Waals surface area contributed by atoms with Gasteiger partial charge in [0.25, 0.3) is 0 Å². The van der Waals surface area contributed by atoms with Crippen LogP contribution in [0.3, 0.4) is 0 Å². The van der Waals surface area contributed by atoms with Crippen molar-refractivity contribution in [2.75, 3.05) is 0 Å². The molecule has 9 aromatic carbocycles. The molecule has 272 valence electrons. The molecule has 0 saturated carbocycles. The van der Waals surface area contributed by atoms with Crippen molar-refractivity contribution in [3.63, 3.8) is 0 Å². The SMILES string of the molecule is c1ccc(-n2c3ccccc3c3ccc([Si](c4ccccc4)(c4ccccc4)c4cccc(-n5c6ccccc6c6ccc7sc8ccccc8c7c65)c4)cc32)cc1. The van der Waals surface area contributed by atoms with Crippen molar-refractivity contribution < 1.29 is 0 Å². The van der Waals surface area contributed by atoms with Gasteiger partial charge < -0.3 is 9.13 Å². The molecule has 0 radical (unpaired) electrons. The number of rotatable bonds is 6. The number of benzene rings is 9. The second-order valence-corrected chi connectivity index (χ2v) is 20.1. The number of hydrogen-bond acceptors (Lipinski definition) is 1. The van der Waals surface area contributed by atoms with Crippen LogP contribution in [0.15, 0.2) is 218 Å². The molecule has 58 heavy (non-hydrogen) atoms. The van der Waals surface area contributed by atoms with Gasteiger partial charge in [0.1, 0.15) is 0 Å². The maximum absolute atomic E-state index is 2.98. The Hall–Kier alpha value is -6.98. The zero-order chi connectivity index (χ0) is 38.2. The van der Waals surface area contributed by atoms with Gasteiger partial charge in [-0.05, 0) is 75.3 Å². The summed E-state index contributed by atoms with van der Waals surface area (Å²) >= 11 is 1.88. The molecule has 0 amide bonds. The lowest BCUT2D eigenvalue weighted by molar-refractivity contribution is 1.18. The van der Waals surface area contributed by atoms with Crippen LogP contribution in [0.4, 0.5) is 0 Å². The smallest absolute Gasteiger partial charge is 0.179 e. The van der Waals surface area contributed by atoms with Gasteiger partial charge in [0.2, 0.25) is 0 Å². The molecular formula is C54H36N2SSi. The number of thiophene rings is 1. The molecule has 0 aliphatic carbocycles. The Balaban J connectivity index is 1.20. The topological polar surface area (TPSA) is 9.86 Å². The van der Waals surface area contributed by atoms with Crippen LogP contribution in [0.5, 0.6) is 0 Å². The summed E-state index contributed by atoms with van der Waals surface area (Å²) in [6.07, 6.45) is 0. The lowest BCUT2D eigenvalue weighted by Crippen LogP contribution is -2.74. The van der Waals surface area contributed by atoms with Gasteiger partial charge in [-0.15, -0.1) is 11.3 Å². The van der Waals surface area contributed by atoms with Crippen LogP contribution in [-0.4, -0.2) is 17.2 Å². The molecule has 0 spiro atoms. The molecule has 3 aromatic heterocycles. The van der Waals surface area contributed by atoms with Crippen molar-refractivity contribution in [3.8, 4) is 11.4 Å². The first-order valence-electron chi connectivity index (χ1n) is 19.9. The van der Waals surface area contributed by atoms with Gasteiger partial charge in [-0.25, -0.2) is 0 Å². The Kier molecular flexibility index (Phi) is 7.46. The Morgan fingerprint density at radius 3 is 1.55 bits per heavy atom. The molecule has 12 rings (SSSR count). The minimum Gasteiger partial charge on any atom is -0.309 e. The summed E-state index contributed by atoms with van der Waals surface area (Å²) in [6.45, 7) is 0. The molecule has 0 aliphatic rings. The van der Waals surface area contributed by atoms with E-state index in [4.69, 9.17) is 0 Å². The highest BCUT2D eigenvalue weighted by Crippen LogP contribution is 2.43. The quantitative estimate of drug-likeness (QED) is 0.118. The second kappa shape index (κ2) is 13.0. The van der Waals surface area contributed by atoms with Crippen LogP contribution in [-0.2, 0) is 0 Å². The molecule has 0 saturated heterocycles. The Morgan fingerprint density at radius 1 is 0.310 bits per heavy atom. The van der Waals surface area contributed by atoms with E-state index in [-0.39, 0.29) is 0 Å². The summed E-state index contributed by atoms with van der Waals surface area (Å²) in [4.78, 5) is 0. The lowest BCUT2D eigenvalue weighted by Gasteiger charge is -2.35. The second-order valence-electron chi connectivity index (χ2n) is 15.2. The summed E-state index contributed by atoms with van der Waals surface area (Å²) in [5.41, 5.74) is 7.27. The molecule has 3 heterocycles. The lowest BCUT2D eigenvalue weighted by atomic mass is 10.1. The molecule has 0 atom stereocenters. The molecule has 0 unspecified atom stereocenters. The number of hydrogen-bond donors (Lipinski definition) is 0. The van der Waals surface area contributed by atoms with Crippen LogP contribution in [0, 0.1) is 0 Å². The van der Waals surface area contributed by atoms with E-state index in [1.807, 2.05) is 11.3 Å². The van der Waals surface area contributed by atoms with E-state index in [9.17, 15) is 0 Å². The zero-order valence-electron chi connectivity index (χ0n) is 31.6. The van der Waals surface area contributed by atoms with Gasteiger partial charge in [0, 0.05) is 53.1 Å². The third-order valence-corrected chi connectivity index (χ3v) is 18.1. The predicted octanol–water partition coefficient (Wildman–Crippen LogP) is 11.6. The van der Waals surface area contributed by atoms with Crippen molar-refractivity contribution >= 4 is 104 Å². The molecule has 0 N–H and O–H groups in total. The maximum atomic E-state index is 2.54. The first-order valence-corrected chi connectivity index (χ1v) is 22.8. The van der Waals surface area contributed by atoms with E-state index in [1.54, 1.807) is 0 Å². The van der Waals surface area contributed by atoms with Crippen LogP contribution in [0.25, 0.3) is 75.2 Å². The van der Waals surface area contributed by atoms with Crippen LogP contribution >= 0.6 is 11.3 Å². The van der Waals surface area contributed by atoms with Gasteiger partial charge in [-0.3, -0.25) is 0 Å². The average Bonchev–Trinajstić information content (AvgIpc) is 3.95. The van der Waals surface area contributed by atoms with Crippen LogP contribution in [0.1, 0.15) is 0 Å². The molecule has 12 aromatic rings. The van der Waals surface area contributed by atoms with Gasteiger partial charge in [-0.2, -0.15) is 0 Å². The van der Waals surface area contributed by atoms with E-state index < -0.39 is 8.07 Å². The predicted molar refractivity (Wildman–Crippen MR) is 252 cm³/mol. The highest BCUT2D eigenvalue weighted by molar-refractivity contribution is 7.26. The standard InChI is InChI=1S/C54H36N2SSi/c1-4-17-37(18-5-1)55-48-28-13-10-25-43(48)45-32-31-42(36-50(45)55)58(39-20-6-2-7-21-39,40-22-8-3-9-23-40)41-24-16-19-38(35-41)56-49-29-14-11-26-44(49)46-33-34-52-53(54(46)56)47-27-12-15-30-51(47)57-52/h1-36H. The summed E-state index contributed by atoms with van der Waals surface area (Å²) in [5, 5.41) is 13.1. The fourth-order valence-electron chi connectivity index (χ4n) is 9.85. The van der Waals surface area contributed by atoms with Crippen molar-refractivity contribution in [2.24, 2.45) is 0 Å². The fourth-order valence-corrected chi connectivity index (χ4v) is 15.7. The zero-order valence-corrected chi connectivity index (χ0v) is 33.4. The number of fused-ring (bicyclic) bond motifs is 10. The first kappa shape index (κ1) is 33.2. The third-order valence-electron chi connectivity index (χ3n) is 12.2. The van der Waals surface area contributed by atoms with Gasteiger partial charge in [0.05, 0.1) is 22.1 Å². The molecule has 0 aliphatic heterocycles.